The molecule has 1 fully saturated rings. The molecule has 8 heteroatoms. The highest BCUT2D eigenvalue weighted by Gasteiger charge is 2.32. The van der Waals surface area contributed by atoms with Crippen molar-refractivity contribution in [3.05, 3.63) is 89.1 Å². The minimum absolute atomic E-state index is 0.172. The maximum absolute atomic E-state index is 13.1. The van der Waals surface area contributed by atoms with Crippen LogP contribution in [-0.4, -0.2) is 30.1 Å². The standard InChI is InChI=1S/C28H27N3O4S/c1-4-34-25-16-20(13-14-24(25)35-17-26(32)29-21-11-7-5-9-18(21)2)15-22-27(33)31(28(36)30-22)23-12-8-6-10-19(23)3/h5-16H,4,17H2,1-3H3,(H,29,32)(H,30,36)/b22-15+. The van der Waals surface area contributed by atoms with Crippen molar-refractivity contribution in [1.29, 1.82) is 0 Å². The van der Waals surface area contributed by atoms with Crippen LogP contribution >= 0.6 is 12.2 Å². The first kappa shape index (κ1) is 24.9. The Hall–Kier alpha value is -4.17. The number of para-hydroxylation sites is 2. The van der Waals surface area contributed by atoms with Gasteiger partial charge in [-0.3, -0.25) is 14.5 Å². The summed E-state index contributed by atoms with van der Waals surface area (Å²) < 4.78 is 11.5. The van der Waals surface area contributed by atoms with Crippen molar-refractivity contribution in [2.45, 2.75) is 20.8 Å². The third-order valence-electron chi connectivity index (χ3n) is 5.59. The van der Waals surface area contributed by atoms with Crippen LogP contribution in [0.3, 0.4) is 0 Å². The van der Waals surface area contributed by atoms with Gasteiger partial charge in [-0.25, -0.2) is 0 Å². The van der Waals surface area contributed by atoms with Gasteiger partial charge in [0.25, 0.3) is 11.8 Å². The van der Waals surface area contributed by atoms with Crippen LogP contribution in [0.5, 0.6) is 11.5 Å². The summed E-state index contributed by atoms with van der Waals surface area (Å²) in [6, 6.07) is 20.4. The fourth-order valence-corrected chi connectivity index (χ4v) is 4.07. The second-order valence-corrected chi connectivity index (χ2v) is 8.59. The Morgan fingerprint density at radius 2 is 1.72 bits per heavy atom. The van der Waals surface area contributed by atoms with E-state index < -0.39 is 0 Å². The molecule has 7 nitrogen and oxygen atoms in total. The van der Waals surface area contributed by atoms with Crippen molar-refractivity contribution in [3.63, 3.8) is 0 Å². The van der Waals surface area contributed by atoms with E-state index in [0.29, 0.717) is 28.9 Å². The lowest BCUT2D eigenvalue weighted by molar-refractivity contribution is -0.118. The van der Waals surface area contributed by atoms with Crippen molar-refractivity contribution in [1.82, 2.24) is 5.32 Å². The number of thiocarbonyl (C=S) groups is 1. The lowest BCUT2D eigenvalue weighted by Gasteiger charge is -2.16. The number of anilines is 2. The zero-order valence-corrected chi connectivity index (χ0v) is 21.1. The van der Waals surface area contributed by atoms with Gasteiger partial charge in [0.2, 0.25) is 0 Å². The van der Waals surface area contributed by atoms with Crippen LogP contribution in [0.25, 0.3) is 6.08 Å². The molecule has 1 aliphatic heterocycles. The molecule has 4 rings (SSSR count). The number of benzene rings is 3. The number of rotatable bonds is 8. The van der Waals surface area contributed by atoms with E-state index in [2.05, 4.69) is 10.6 Å². The predicted octanol–water partition coefficient (Wildman–Crippen LogP) is 4.98. The van der Waals surface area contributed by atoms with Crippen molar-refractivity contribution in [2.24, 2.45) is 0 Å². The number of nitrogens with zero attached hydrogens (tertiary/aromatic N) is 1. The van der Waals surface area contributed by atoms with Crippen LogP contribution in [0.15, 0.2) is 72.4 Å². The van der Waals surface area contributed by atoms with E-state index in [4.69, 9.17) is 21.7 Å². The summed E-state index contributed by atoms with van der Waals surface area (Å²) in [6.07, 6.45) is 1.71. The van der Waals surface area contributed by atoms with Gasteiger partial charge in [-0.05, 0) is 80.0 Å². The number of hydrogen-bond acceptors (Lipinski definition) is 5. The highest BCUT2D eigenvalue weighted by molar-refractivity contribution is 7.80. The van der Waals surface area contributed by atoms with Gasteiger partial charge in [0, 0.05) is 5.69 Å². The van der Waals surface area contributed by atoms with Gasteiger partial charge in [-0.2, -0.15) is 0 Å². The smallest absolute Gasteiger partial charge is 0.281 e. The van der Waals surface area contributed by atoms with Gasteiger partial charge in [-0.15, -0.1) is 0 Å². The minimum Gasteiger partial charge on any atom is -0.490 e. The SMILES string of the molecule is CCOc1cc(/C=C2/NC(=S)N(c3ccccc3C)C2=O)ccc1OCC(=O)Nc1ccccc1C. The second kappa shape index (κ2) is 11.0. The summed E-state index contributed by atoms with van der Waals surface area (Å²) in [5, 5.41) is 6.18. The maximum atomic E-state index is 13.1. The van der Waals surface area contributed by atoms with E-state index >= 15 is 0 Å². The largest absolute Gasteiger partial charge is 0.490 e. The molecule has 3 aromatic rings. The van der Waals surface area contributed by atoms with Crippen molar-refractivity contribution in [3.8, 4) is 11.5 Å². The van der Waals surface area contributed by atoms with Crippen LogP contribution in [0.2, 0.25) is 0 Å². The Balaban J connectivity index is 1.49. The Morgan fingerprint density at radius 3 is 2.44 bits per heavy atom. The molecule has 1 saturated heterocycles. The number of ether oxygens (including phenoxy) is 2. The second-order valence-electron chi connectivity index (χ2n) is 8.21. The van der Waals surface area contributed by atoms with Crippen LogP contribution in [-0.2, 0) is 9.59 Å². The third-order valence-corrected chi connectivity index (χ3v) is 5.88. The van der Waals surface area contributed by atoms with Crippen molar-refractivity contribution >= 4 is 46.6 Å². The molecule has 0 radical (unpaired) electrons. The fourth-order valence-electron chi connectivity index (χ4n) is 3.78. The molecule has 2 N–H and O–H groups in total. The van der Waals surface area contributed by atoms with E-state index in [1.54, 1.807) is 24.3 Å². The topological polar surface area (TPSA) is 79.9 Å². The van der Waals surface area contributed by atoms with Crippen LogP contribution < -0.4 is 25.0 Å². The van der Waals surface area contributed by atoms with E-state index in [0.717, 1.165) is 28.1 Å². The van der Waals surface area contributed by atoms with Gasteiger partial charge in [0.15, 0.2) is 23.2 Å². The number of carbonyl (C=O) groups is 2. The molecule has 0 aliphatic carbocycles. The van der Waals surface area contributed by atoms with E-state index in [9.17, 15) is 9.59 Å². The first-order valence-electron chi connectivity index (χ1n) is 11.5. The highest BCUT2D eigenvalue weighted by atomic mass is 32.1. The van der Waals surface area contributed by atoms with Crippen molar-refractivity contribution < 1.29 is 19.1 Å². The summed E-state index contributed by atoms with van der Waals surface area (Å²) in [4.78, 5) is 27.0. The predicted molar refractivity (Wildman–Crippen MR) is 145 cm³/mol. The number of hydrogen-bond donors (Lipinski definition) is 2. The van der Waals surface area contributed by atoms with E-state index in [1.807, 2.05) is 69.3 Å². The lowest BCUT2D eigenvalue weighted by Crippen LogP contribution is -2.30. The summed E-state index contributed by atoms with van der Waals surface area (Å²) in [5.41, 5.74) is 4.48. The van der Waals surface area contributed by atoms with Gasteiger partial charge in [-0.1, -0.05) is 42.5 Å². The molecule has 0 spiro atoms. The monoisotopic (exact) mass is 501 g/mol. The van der Waals surface area contributed by atoms with Crippen molar-refractivity contribution in [2.75, 3.05) is 23.4 Å². The maximum Gasteiger partial charge on any atom is 0.281 e. The zero-order chi connectivity index (χ0) is 25.7. The molecule has 184 valence electrons. The molecule has 0 saturated carbocycles. The van der Waals surface area contributed by atoms with Gasteiger partial charge in [0.05, 0.1) is 12.3 Å². The lowest BCUT2D eigenvalue weighted by atomic mass is 10.1. The summed E-state index contributed by atoms with van der Waals surface area (Å²) in [7, 11) is 0. The average molecular weight is 502 g/mol. The first-order valence-corrected chi connectivity index (χ1v) is 12.0. The normalized spacial score (nSPS) is 14.1. The average Bonchev–Trinajstić information content (AvgIpc) is 3.13. The molecule has 0 aromatic heterocycles. The van der Waals surface area contributed by atoms with E-state index in [1.165, 1.54) is 4.90 Å². The third kappa shape index (κ3) is 5.55. The summed E-state index contributed by atoms with van der Waals surface area (Å²) >= 11 is 5.42. The summed E-state index contributed by atoms with van der Waals surface area (Å²) in [5.74, 6) is 0.394. The zero-order valence-electron chi connectivity index (χ0n) is 20.3. The van der Waals surface area contributed by atoms with Crippen LogP contribution in [0, 0.1) is 13.8 Å². The number of nitrogens with one attached hydrogen (secondary N) is 2. The Kier molecular flexibility index (Phi) is 7.65. The number of carbonyl (C=O) groups excluding carboxylic acids is 2. The quantitative estimate of drug-likeness (QED) is 0.335. The Bertz CT molecular complexity index is 1350. The Morgan fingerprint density at radius 1 is 1.00 bits per heavy atom. The van der Waals surface area contributed by atoms with Gasteiger partial charge in [0.1, 0.15) is 5.70 Å². The first-order chi connectivity index (χ1) is 17.4. The molecular formula is C28H27N3O4S. The highest BCUT2D eigenvalue weighted by Crippen LogP contribution is 2.31. The summed E-state index contributed by atoms with van der Waals surface area (Å²) in [6.45, 7) is 5.96. The Labute approximate surface area is 215 Å². The number of aryl methyl sites for hydroxylation is 2. The molecule has 0 bridgehead atoms. The molecular weight excluding hydrogens is 474 g/mol. The van der Waals surface area contributed by atoms with E-state index in [-0.39, 0.29) is 18.4 Å². The molecule has 0 unspecified atom stereocenters. The molecule has 2 amide bonds. The minimum atomic E-state index is -0.275. The molecule has 1 aliphatic rings. The molecule has 3 aromatic carbocycles. The van der Waals surface area contributed by atoms with Gasteiger partial charge >= 0.3 is 0 Å². The number of amides is 2. The van der Waals surface area contributed by atoms with Gasteiger partial charge < -0.3 is 20.1 Å². The molecule has 36 heavy (non-hydrogen) atoms. The molecule has 0 atom stereocenters. The van der Waals surface area contributed by atoms with Crippen LogP contribution in [0.4, 0.5) is 11.4 Å². The van der Waals surface area contributed by atoms with Crippen LogP contribution in [0.1, 0.15) is 23.6 Å². The molecule has 1 heterocycles. The fraction of sp³-hybridized carbons (Fsp3) is 0.179.